The van der Waals surface area contributed by atoms with E-state index in [1.165, 1.54) is 65.3 Å². The normalized spacial score (nSPS) is 12.9. The van der Waals surface area contributed by atoms with Crippen molar-refractivity contribution in [3.8, 4) is 45.0 Å². The number of hydrogen-bond donors (Lipinski definition) is 0. The Labute approximate surface area is 512 Å². The van der Waals surface area contributed by atoms with Crippen molar-refractivity contribution in [3.63, 3.8) is 0 Å². The quantitative estimate of drug-likeness (QED) is 0.138. The van der Waals surface area contributed by atoms with Crippen molar-refractivity contribution in [1.29, 1.82) is 0 Å². The summed E-state index contributed by atoms with van der Waals surface area (Å²) in [5, 5.41) is 9.68. The molecule has 0 spiro atoms. The SMILES string of the molecule is c1ccc(C2=NC(c3cccc(-n4c5ccccc5c5ccccc54)c3)=NC(c3ccc(-c4cccc(-n5c6ccccc6c6cc(-c7ccc8c(c7)c7ccccc7n8-c7ccccc7)ccc65)c4)c(-n4c5ccccc5c5ccccc54)c3)=NC2)cc1. The van der Waals surface area contributed by atoms with Gasteiger partial charge in [0.1, 0.15) is 0 Å². The van der Waals surface area contributed by atoms with Crippen molar-refractivity contribution in [3.05, 3.63) is 326 Å². The van der Waals surface area contributed by atoms with Crippen LogP contribution in [-0.4, -0.2) is 42.2 Å². The van der Waals surface area contributed by atoms with Gasteiger partial charge in [0, 0.05) is 76.8 Å². The smallest absolute Gasteiger partial charge is 0.162 e. The highest BCUT2D eigenvalue weighted by Crippen LogP contribution is 2.42. The molecule has 7 nitrogen and oxygen atoms in total. The first-order chi connectivity index (χ1) is 44.1. The Morgan fingerprint density at radius 2 is 0.596 bits per heavy atom. The van der Waals surface area contributed by atoms with Gasteiger partial charge < -0.3 is 18.3 Å². The molecule has 0 bridgehead atoms. The molecular weight excluding hydrogens is 1080 g/mol. The second-order valence-electron chi connectivity index (χ2n) is 23.1. The van der Waals surface area contributed by atoms with Crippen LogP contribution in [-0.2, 0) is 0 Å². The second kappa shape index (κ2) is 20.4. The van der Waals surface area contributed by atoms with E-state index in [0.717, 1.165) is 89.4 Å². The highest BCUT2D eigenvalue weighted by atomic mass is 15.0. The van der Waals surface area contributed by atoms with Gasteiger partial charge in [-0.2, -0.15) is 0 Å². The third-order valence-corrected chi connectivity index (χ3v) is 18.1. The zero-order valence-electron chi connectivity index (χ0n) is 48.3. The Hall–Kier alpha value is -11.9. The molecule has 0 amide bonds. The van der Waals surface area contributed by atoms with E-state index in [1.807, 2.05) is 6.07 Å². The van der Waals surface area contributed by atoms with E-state index in [2.05, 4.69) is 322 Å². The topological polar surface area (TPSA) is 56.8 Å². The van der Waals surface area contributed by atoms with E-state index in [9.17, 15) is 0 Å². The molecule has 0 saturated carbocycles. The maximum Gasteiger partial charge on any atom is 0.162 e. The van der Waals surface area contributed by atoms with Crippen LogP contribution in [0.4, 0.5) is 0 Å². The third-order valence-electron chi connectivity index (χ3n) is 18.1. The Morgan fingerprint density at radius 1 is 0.225 bits per heavy atom. The van der Waals surface area contributed by atoms with Crippen molar-refractivity contribution in [1.82, 2.24) is 18.3 Å². The molecule has 1 aliphatic rings. The number of aromatic nitrogens is 4. The lowest BCUT2D eigenvalue weighted by Crippen LogP contribution is -2.08. The minimum atomic E-state index is 0.350. The Kier molecular flexibility index (Phi) is 11.5. The van der Waals surface area contributed by atoms with Crippen LogP contribution in [0.25, 0.3) is 132 Å². The number of hydrogen-bond acceptors (Lipinski definition) is 3. The maximum atomic E-state index is 5.51. The molecule has 0 saturated heterocycles. The number of amidine groups is 2. The summed E-state index contributed by atoms with van der Waals surface area (Å²) in [7, 11) is 0. The standard InChI is InChI=1S/C82H53N7/c1-3-21-53(22-4-1)71-52-83-81(85-82(84-71)57-24-20-28-61(48-57)87-72-35-13-7-29-63(72)64-30-8-14-36-73(64)87)58-41-44-62(80(51-58)89-76-39-17-9-31-65(76)66-32-10-18-40-77(66)89)56-23-19-27-60(47-56)88-75-38-16-12-34-68(75)70-50-55(43-46-79(70)88)54-42-45-78-69(49-54)67-33-11-15-37-74(67)86(78)59-25-5-2-6-26-59/h1-51H,52H2. The van der Waals surface area contributed by atoms with Crippen LogP contribution in [0.1, 0.15) is 16.7 Å². The number of fused-ring (bicyclic) bond motifs is 12. The van der Waals surface area contributed by atoms with Crippen molar-refractivity contribution in [2.24, 2.45) is 15.0 Å². The van der Waals surface area contributed by atoms with Crippen molar-refractivity contribution < 1.29 is 0 Å². The molecule has 13 aromatic carbocycles. The zero-order valence-corrected chi connectivity index (χ0v) is 48.3. The van der Waals surface area contributed by atoms with E-state index < -0.39 is 0 Å². The highest BCUT2D eigenvalue weighted by molar-refractivity contribution is 6.21. The van der Waals surface area contributed by atoms with Crippen LogP contribution >= 0.6 is 0 Å². The van der Waals surface area contributed by atoms with Gasteiger partial charge >= 0.3 is 0 Å². The van der Waals surface area contributed by atoms with E-state index in [4.69, 9.17) is 15.0 Å². The number of rotatable bonds is 9. The number of nitrogens with zero attached hydrogens (tertiary/aromatic N) is 7. The number of aliphatic imine (C=N–C) groups is 3. The van der Waals surface area contributed by atoms with E-state index in [0.29, 0.717) is 18.2 Å². The highest BCUT2D eigenvalue weighted by Gasteiger charge is 2.23. The van der Waals surface area contributed by atoms with Crippen molar-refractivity contribution >= 4 is 105 Å². The zero-order chi connectivity index (χ0) is 58.5. The monoisotopic (exact) mass is 1140 g/mol. The lowest BCUT2D eigenvalue weighted by Gasteiger charge is -2.17. The summed E-state index contributed by atoms with van der Waals surface area (Å²) >= 11 is 0. The summed E-state index contributed by atoms with van der Waals surface area (Å²) in [6, 6.07) is 112. The molecule has 0 N–H and O–H groups in total. The molecule has 0 radical (unpaired) electrons. The fraction of sp³-hybridized carbons (Fsp3) is 0.0122. The number of benzene rings is 13. The lowest BCUT2D eigenvalue weighted by molar-refractivity contribution is 1.17. The molecule has 17 aromatic rings. The predicted octanol–water partition coefficient (Wildman–Crippen LogP) is 20.1. The molecule has 1 aliphatic heterocycles. The molecular formula is C82H53N7. The molecule has 5 heterocycles. The number of para-hydroxylation sites is 7. The molecule has 416 valence electrons. The largest absolute Gasteiger partial charge is 0.309 e. The van der Waals surface area contributed by atoms with Crippen LogP contribution in [0.2, 0.25) is 0 Å². The average Bonchev–Trinajstić information content (AvgIpc) is 1.79. The van der Waals surface area contributed by atoms with Gasteiger partial charge in [-0.1, -0.05) is 206 Å². The maximum absolute atomic E-state index is 5.51. The van der Waals surface area contributed by atoms with E-state index >= 15 is 0 Å². The van der Waals surface area contributed by atoms with Gasteiger partial charge in [-0.25, -0.2) is 9.98 Å². The van der Waals surface area contributed by atoms with Gasteiger partial charge in [-0.05, 0) is 125 Å². The van der Waals surface area contributed by atoms with Gasteiger partial charge in [0.2, 0.25) is 0 Å². The summed E-state index contributed by atoms with van der Waals surface area (Å²) < 4.78 is 9.58. The van der Waals surface area contributed by atoms with Gasteiger partial charge in [-0.15, -0.1) is 0 Å². The summed E-state index contributed by atoms with van der Waals surface area (Å²) in [5.41, 5.74) is 21.7. The molecule has 0 atom stereocenters. The summed E-state index contributed by atoms with van der Waals surface area (Å²) in [6.07, 6.45) is 0. The predicted molar refractivity (Wildman–Crippen MR) is 372 cm³/mol. The van der Waals surface area contributed by atoms with Crippen LogP contribution in [0.15, 0.2) is 324 Å². The molecule has 4 aromatic heterocycles. The molecule has 0 aliphatic carbocycles. The van der Waals surface area contributed by atoms with E-state index in [1.54, 1.807) is 0 Å². The minimum absolute atomic E-state index is 0.350. The summed E-state index contributed by atoms with van der Waals surface area (Å²) in [6.45, 7) is 0.350. The first-order valence-electron chi connectivity index (χ1n) is 30.4. The Morgan fingerprint density at radius 3 is 1.11 bits per heavy atom. The van der Waals surface area contributed by atoms with Gasteiger partial charge in [0.25, 0.3) is 0 Å². The van der Waals surface area contributed by atoms with Crippen molar-refractivity contribution in [2.75, 3.05) is 6.54 Å². The van der Waals surface area contributed by atoms with Gasteiger partial charge in [-0.3, -0.25) is 4.99 Å². The fourth-order valence-corrected chi connectivity index (χ4v) is 14.1. The van der Waals surface area contributed by atoms with Gasteiger partial charge in [0.05, 0.1) is 62.1 Å². The molecule has 0 unspecified atom stereocenters. The van der Waals surface area contributed by atoms with Crippen LogP contribution < -0.4 is 0 Å². The van der Waals surface area contributed by atoms with Crippen LogP contribution in [0, 0.1) is 0 Å². The Balaban J connectivity index is 0.785. The minimum Gasteiger partial charge on any atom is -0.309 e. The molecule has 18 rings (SSSR count). The second-order valence-corrected chi connectivity index (χ2v) is 23.1. The fourth-order valence-electron chi connectivity index (χ4n) is 14.1. The Bertz CT molecular complexity index is 5720. The van der Waals surface area contributed by atoms with Crippen LogP contribution in [0.3, 0.4) is 0 Å². The molecule has 89 heavy (non-hydrogen) atoms. The van der Waals surface area contributed by atoms with Gasteiger partial charge in [0.15, 0.2) is 11.7 Å². The molecule has 7 heteroatoms. The third kappa shape index (κ3) is 8.17. The first-order valence-corrected chi connectivity index (χ1v) is 30.4. The van der Waals surface area contributed by atoms with Crippen LogP contribution in [0.5, 0.6) is 0 Å². The average molecular weight is 1140 g/mol. The molecule has 0 fully saturated rings. The first kappa shape index (κ1) is 50.4. The van der Waals surface area contributed by atoms with Crippen molar-refractivity contribution in [2.45, 2.75) is 0 Å². The summed E-state index contributed by atoms with van der Waals surface area (Å²) in [4.78, 5) is 16.3. The summed E-state index contributed by atoms with van der Waals surface area (Å²) in [5.74, 6) is 1.22. The van der Waals surface area contributed by atoms with E-state index in [-0.39, 0.29) is 0 Å². The lowest BCUT2D eigenvalue weighted by atomic mass is 9.99.